The van der Waals surface area contributed by atoms with E-state index in [9.17, 15) is 9.59 Å². The van der Waals surface area contributed by atoms with Crippen molar-refractivity contribution in [1.29, 1.82) is 0 Å². The van der Waals surface area contributed by atoms with Crippen LogP contribution in [-0.4, -0.2) is 21.4 Å². The number of fused-ring (bicyclic) bond motifs is 2. The Kier molecular flexibility index (Phi) is 3.42. The van der Waals surface area contributed by atoms with Crippen molar-refractivity contribution in [1.82, 2.24) is 9.55 Å². The second kappa shape index (κ2) is 5.80. The van der Waals surface area contributed by atoms with Crippen molar-refractivity contribution in [3.05, 3.63) is 59.9 Å². The van der Waals surface area contributed by atoms with E-state index in [1.54, 1.807) is 24.3 Å². The van der Waals surface area contributed by atoms with Gasteiger partial charge in [0.25, 0.3) is 11.8 Å². The topological polar surface area (TPSA) is 55.2 Å². The average molecular weight is 345 g/mol. The molecule has 26 heavy (non-hydrogen) atoms. The largest absolute Gasteiger partial charge is 0.327 e. The summed E-state index contributed by atoms with van der Waals surface area (Å²) in [5.41, 5.74) is 3.40. The van der Waals surface area contributed by atoms with Gasteiger partial charge in [0.05, 0.1) is 34.2 Å². The molecular formula is C21H19N3O2. The molecule has 1 saturated carbocycles. The van der Waals surface area contributed by atoms with Crippen LogP contribution in [-0.2, 0) is 0 Å². The lowest BCUT2D eigenvalue weighted by molar-refractivity contribution is 0.0926. The first kappa shape index (κ1) is 15.3. The zero-order chi connectivity index (χ0) is 17.7. The van der Waals surface area contributed by atoms with E-state index in [2.05, 4.69) is 9.55 Å². The zero-order valence-electron chi connectivity index (χ0n) is 14.4. The lowest BCUT2D eigenvalue weighted by Crippen LogP contribution is -2.29. The number of imidazole rings is 1. The van der Waals surface area contributed by atoms with E-state index in [0.29, 0.717) is 22.9 Å². The van der Waals surface area contributed by atoms with Crippen LogP contribution in [0.1, 0.15) is 58.9 Å². The molecule has 0 spiro atoms. The lowest BCUT2D eigenvalue weighted by Gasteiger charge is -2.23. The predicted molar refractivity (Wildman–Crippen MR) is 99.4 cm³/mol. The van der Waals surface area contributed by atoms with E-state index in [4.69, 9.17) is 0 Å². The van der Waals surface area contributed by atoms with Crippen LogP contribution in [0.2, 0.25) is 0 Å². The van der Waals surface area contributed by atoms with Crippen LogP contribution in [0, 0.1) is 0 Å². The van der Waals surface area contributed by atoms with E-state index >= 15 is 0 Å². The molecule has 1 aliphatic carbocycles. The number of amides is 2. The Morgan fingerprint density at radius 1 is 0.885 bits per heavy atom. The second-order valence-corrected chi connectivity index (χ2v) is 7.11. The van der Waals surface area contributed by atoms with Crippen LogP contribution in [0.25, 0.3) is 11.0 Å². The standard InChI is InChI=1S/C21H19N3O2/c25-20-16-8-4-5-9-17(16)21(26)24(20)15-10-11-19-18(12-15)22-13-23(19)14-6-2-1-3-7-14/h4-5,8-14H,1-3,6-7H2. The van der Waals surface area contributed by atoms with Gasteiger partial charge in [-0.3, -0.25) is 9.59 Å². The Hall–Kier alpha value is -2.95. The summed E-state index contributed by atoms with van der Waals surface area (Å²) < 4.78 is 2.25. The van der Waals surface area contributed by atoms with Crippen molar-refractivity contribution in [2.75, 3.05) is 4.90 Å². The molecule has 0 bridgehead atoms. The zero-order valence-corrected chi connectivity index (χ0v) is 14.4. The van der Waals surface area contributed by atoms with Gasteiger partial charge in [-0.15, -0.1) is 0 Å². The van der Waals surface area contributed by atoms with E-state index in [0.717, 1.165) is 11.0 Å². The second-order valence-electron chi connectivity index (χ2n) is 7.11. The molecule has 5 rings (SSSR count). The van der Waals surface area contributed by atoms with Crippen LogP contribution in [0.4, 0.5) is 5.69 Å². The molecule has 0 atom stereocenters. The number of hydrogen-bond donors (Lipinski definition) is 0. The van der Waals surface area contributed by atoms with E-state index in [-0.39, 0.29) is 11.8 Å². The first-order valence-electron chi connectivity index (χ1n) is 9.18. The minimum absolute atomic E-state index is 0.267. The first-order valence-corrected chi connectivity index (χ1v) is 9.18. The maximum Gasteiger partial charge on any atom is 0.266 e. The van der Waals surface area contributed by atoms with Crippen molar-refractivity contribution in [2.24, 2.45) is 0 Å². The highest BCUT2D eigenvalue weighted by Crippen LogP contribution is 2.33. The summed E-state index contributed by atoms with van der Waals surface area (Å²) in [7, 11) is 0. The third-order valence-corrected chi connectivity index (χ3v) is 5.58. The van der Waals surface area contributed by atoms with E-state index < -0.39 is 0 Å². The monoisotopic (exact) mass is 345 g/mol. The number of anilines is 1. The molecule has 3 aromatic rings. The van der Waals surface area contributed by atoms with Gasteiger partial charge in [0.15, 0.2) is 0 Å². The third-order valence-electron chi connectivity index (χ3n) is 5.58. The molecular weight excluding hydrogens is 326 g/mol. The molecule has 0 N–H and O–H groups in total. The number of imide groups is 1. The molecule has 2 heterocycles. The molecule has 5 nitrogen and oxygen atoms in total. The highest BCUT2D eigenvalue weighted by atomic mass is 16.2. The smallest absolute Gasteiger partial charge is 0.266 e. The van der Waals surface area contributed by atoms with Crippen molar-refractivity contribution in [2.45, 2.75) is 38.1 Å². The number of carbonyl (C=O) groups is 2. The fraction of sp³-hybridized carbons (Fsp3) is 0.286. The molecule has 0 unspecified atom stereocenters. The number of hydrogen-bond acceptors (Lipinski definition) is 3. The SMILES string of the molecule is O=C1c2ccccc2C(=O)N1c1ccc2c(c1)ncn2C1CCCCC1. The molecule has 130 valence electrons. The van der Waals surface area contributed by atoms with Crippen LogP contribution in [0.15, 0.2) is 48.8 Å². The first-order chi connectivity index (χ1) is 12.7. The number of nitrogens with zero attached hydrogens (tertiary/aromatic N) is 3. The molecule has 5 heteroatoms. The highest BCUT2D eigenvalue weighted by Gasteiger charge is 2.36. The van der Waals surface area contributed by atoms with Crippen LogP contribution in [0.5, 0.6) is 0 Å². The molecule has 2 aromatic carbocycles. The van der Waals surface area contributed by atoms with Gasteiger partial charge in [0.1, 0.15) is 0 Å². The van der Waals surface area contributed by atoms with Crippen LogP contribution >= 0.6 is 0 Å². The summed E-state index contributed by atoms with van der Waals surface area (Å²) >= 11 is 0. The minimum Gasteiger partial charge on any atom is -0.327 e. The molecule has 0 saturated heterocycles. The average Bonchev–Trinajstić information content (AvgIpc) is 3.22. The van der Waals surface area contributed by atoms with E-state index in [1.807, 2.05) is 24.5 Å². The summed E-state index contributed by atoms with van der Waals surface area (Å²) in [4.78, 5) is 31.1. The summed E-state index contributed by atoms with van der Waals surface area (Å²) in [5.74, 6) is -0.534. The fourth-order valence-corrected chi connectivity index (χ4v) is 4.23. The highest BCUT2D eigenvalue weighted by molar-refractivity contribution is 6.34. The number of benzene rings is 2. The maximum absolute atomic E-state index is 12.7. The van der Waals surface area contributed by atoms with Crippen molar-refractivity contribution >= 4 is 28.5 Å². The molecule has 1 aromatic heterocycles. The number of carbonyl (C=O) groups excluding carboxylic acids is 2. The third kappa shape index (κ3) is 2.20. The molecule has 1 aliphatic heterocycles. The Morgan fingerprint density at radius 2 is 1.58 bits per heavy atom. The Bertz CT molecular complexity index is 996. The van der Waals surface area contributed by atoms with Crippen molar-refractivity contribution in [3.63, 3.8) is 0 Å². The molecule has 0 radical (unpaired) electrons. The quantitative estimate of drug-likeness (QED) is 0.649. The molecule has 1 fully saturated rings. The van der Waals surface area contributed by atoms with Crippen LogP contribution < -0.4 is 4.90 Å². The maximum atomic E-state index is 12.7. The van der Waals surface area contributed by atoms with Gasteiger partial charge in [-0.2, -0.15) is 0 Å². The van der Waals surface area contributed by atoms with Gasteiger partial charge in [0.2, 0.25) is 0 Å². The summed E-state index contributed by atoms with van der Waals surface area (Å²) in [6, 6.07) is 13.1. The molecule has 2 amide bonds. The number of aromatic nitrogens is 2. The van der Waals surface area contributed by atoms with Gasteiger partial charge < -0.3 is 4.57 Å². The summed E-state index contributed by atoms with van der Waals surface area (Å²) in [5, 5.41) is 0. The Morgan fingerprint density at radius 3 is 2.27 bits per heavy atom. The van der Waals surface area contributed by atoms with Gasteiger partial charge in [-0.25, -0.2) is 9.88 Å². The van der Waals surface area contributed by atoms with Crippen LogP contribution in [0.3, 0.4) is 0 Å². The summed E-state index contributed by atoms with van der Waals surface area (Å²) in [6.07, 6.45) is 8.10. The van der Waals surface area contributed by atoms with Crippen molar-refractivity contribution in [3.8, 4) is 0 Å². The lowest BCUT2D eigenvalue weighted by atomic mass is 9.95. The Labute approximate surface area is 151 Å². The van der Waals surface area contributed by atoms with Gasteiger partial charge in [-0.05, 0) is 43.2 Å². The van der Waals surface area contributed by atoms with Crippen molar-refractivity contribution < 1.29 is 9.59 Å². The normalized spacial score (nSPS) is 17.9. The molecule has 2 aliphatic rings. The predicted octanol–water partition coefficient (Wildman–Crippen LogP) is 4.34. The van der Waals surface area contributed by atoms with Gasteiger partial charge >= 0.3 is 0 Å². The Balaban J connectivity index is 1.53. The summed E-state index contributed by atoms with van der Waals surface area (Å²) in [6.45, 7) is 0. The van der Waals surface area contributed by atoms with Gasteiger partial charge in [-0.1, -0.05) is 31.4 Å². The van der Waals surface area contributed by atoms with E-state index in [1.165, 1.54) is 37.0 Å². The fourth-order valence-electron chi connectivity index (χ4n) is 4.23. The van der Waals surface area contributed by atoms with Gasteiger partial charge in [0, 0.05) is 6.04 Å². The minimum atomic E-state index is -0.267. The number of rotatable bonds is 2.